The van der Waals surface area contributed by atoms with E-state index in [2.05, 4.69) is 0 Å². The number of furan rings is 1. The standard InChI is InChI=1S/C11H12O2S/c1-2-11(12,9-5-7-14-8-9)10-4-3-6-13-10/h3-8,12H,2H2,1H3. The summed E-state index contributed by atoms with van der Waals surface area (Å²) in [5, 5.41) is 14.4. The Balaban J connectivity index is 2.45. The van der Waals surface area contributed by atoms with E-state index < -0.39 is 5.60 Å². The number of rotatable bonds is 3. The van der Waals surface area contributed by atoms with Crippen molar-refractivity contribution in [2.45, 2.75) is 18.9 Å². The molecule has 0 bridgehead atoms. The van der Waals surface area contributed by atoms with E-state index in [4.69, 9.17) is 4.42 Å². The monoisotopic (exact) mass is 208 g/mol. The fourth-order valence-electron chi connectivity index (χ4n) is 1.53. The molecular weight excluding hydrogens is 196 g/mol. The van der Waals surface area contributed by atoms with Crippen LogP contribution in [-0.2, 0) is 5.60 Å². The summed E-state index contributed by atoms with van der Waals surface area (Å²) in [6.45, 7) is 1.94. The van der Waals surface area contributed by atoms with E-state index in [-0.39, 0.29) is 0 Å². The molecule has 1 unspecified atom stereocenters. The SMILES string of the molecule is CCC(O)(c1ccsc1)c1ccco1. The molecule has 0 saturated carbocycles. The van der Waals surface area contributed by atoms with E-state index in [1.807, 2.05) is 23.8 Å². The molecule has 3 heteroatoms. The molecule has 0 radical (unpaired) electrons. The Bertz CT molecular complexity index is 341. The topological polar surface area (TPSA) is 33.4 Å². The van der Waals surface area contributed by atoms with Crippen LogP contribution in [0.25, 0.3) is 0 Å². The first kappa shape index (κ1) is 9.49. The molecule has 0 saturated heterocycles. The van der Waals surface area contributed by atoms with Gasteiger partial charge in [-0.05, 0) is 35.4 Å². The minimum atomic E-state index is -0.969. The summed E-state index contributed by atoms with van der Waals surface area (Å²) in [5.41, 5.74) is -0.0660. The van der Waals surface area contributed by atoms with Crippen LogP contribution in [0.5, 0.6) is 0 Å². The fourth-order valence-corrected chi connectivity index (χ4v) is 2.26. The molecule has 2 aromatic heterocycles. The molecule has 2 heterocycles. The molecule has 2 rings (SSSR count). The lowest BCUT2D eigenvalue weighted by Crippen LogP contribution is -2.24. The van der Waals surface area contributed by atoms with Gasteiger partial charge in [-0.15, -0.1) is 0 Å². The zero-order valence-electron chi connectivity index (χ0n) is 7.93. The van der Waals surface area contributed by atoms with Gasteiger partial charge in [0.05, 0.1) is 6.26 Å². The van der Waals surface area contributed by atoms with E-state index in [0.717, 1.165) is 5.56 Å². The van der Waals surface area contributed by atoms with Crippen LogP contribution in [0, 0.1) is 0 Å². The van der Waals surface area contributed by atoms with E-state index >= 15 is 0 Å². The third-order valence-corrected chi connectivity index (χ3v) is 3.12. The summed E-state index contributed by atoms with van der Waals surface area (Å²) in [6, 6.07) is 5.53. The Hall–Kier alpha value is -1.06. The van der Waals surface area contributed by atoms with Crippen LogP contribution < -0.4 is 0 Å². The Morgan fingerprint density at radius 3 is 2.86 bits per heavy atom. The number of hydrogen-bond acceptors (Lipinski definition) is 3. The third kappa shape index (κ3) is 1.38. The highest BCUT2D eigenvalue weighted by atomic mass is 32.1. The molecule has 0 spiro atoms. The molecule has 0 amide bonds. The molecule has 0 aliphatic carbocycles. The Morgan fingerprint density at radius 2 is 2.36 bits per heavy atom. The van der Waals surface area contributed by atoms with E-state index in [1.54, 1.807) is 29.7 Å². The predicted molar refractivity (Wildman–Crippen MR) is 56.3 cm³/mol. The molecule has 14 heavy (non-hydrogen) atoms. The molecule has 0 aliphatic heterocycles. The maximum atomic E-state index is 10.5. The first-order valence-electron chi connectivity index (χ1n) is 4.56. The Kier molecular flexibility index (Phi) is 2.44. The van der Waals surface area contributed by atoms with Gasteiger partial charge >= 0.3 is 0 Å². The quantitative estimate of drug-likeness (QED) is 0.841. The molecular formula is C11H12O2S. The van der Waals surface area contributed by atoms with Crippen molar-refractivity contribution in [3.8, 4) is 0 Å². The van der Waals surface area contributed by atoms with Crippen molar-refractivity contribution in [3.63, 3.8) is 0 Å². The Morgan fingerprint density at radius 1 is 1.50 bits per heavy atom. The second kappa shape index (κ2) is 3.59. The lowest BCUT2D eigenvalue weighted by atomic mass is 9.91. The van der Waals surface area contributed by atoms with Crippen molar-refractivity contribution in [2.75, 3.05) is 0 Å². The smallest absolute Gasteiger partial charge is 0.147 e. The second-order valence-electron chi connectivity index (χ2n) is 3.20. The lowest BCUT2D eigenvalue weighted by molar-refractivity contribution is 0.0531. The summed E-state index contributed by atoms with van der Waals surface area (Å²) in [5.74, 6) is 0.610. The number of hydrogen-bond donors (Lipinski definition) is 1. The van der Waals surface area contributed by atoms with Crippen LogP contribution in [0.15, 0.2) is 39.6 Å². The highest BCUT2D eigenvalue weighted by Gasteiger charge is 2.32. The highest BCUT2D eigenvalue weighted by molar-refractivity contribution is 7.08. The van der Waals surface area contributed by atoms with Gasteiger partial charge in [-0.1, -0.05) is 6.92 Å². The van der Waals surface area contributed by atoms with Gasteiger partial charge in [0.25, 0.3) is 0 Å². The van der Waals surface area contributed by atoms with Gasteiger partial charge in [-0.3, -0.25) is 0 Å². The van der Waals surface area contributed by atoms with Gasteiger partial charge in [0.1, 0.15) is 11.4 Å². The average molecular weight is 208 g/mol. The summed E-state index contributed by atoms with van der Waals surface area (Å²) in [4.78, 5) is 0. The minimum Gasteiger partial charge on any atom is -0.466 e. The second-order valence-corrected chi connectivity index (χ2v) is 3.98. The summed E-state index contributed by atoms with van der Waals surface area (Å²) >= 11 is 1.58. The summed E-state index contributed by atoms with van der Waals surface area (Å²) in [7, 11) is 0. The Labute approximate surface area is 86.8 Å². The van der Waals surface area contributed by atoms with Gasteiger partial charge < -0.3 is 9.52 Å². The molecule has 0 aromatic carbocycles. The van der Waals surface area contributed by atoms with Gasteiger partial charge in [0.2, 0.25) is 0 Å². The van der Waals surface area contributed by atoms with Gasteiger partial charge in [0.15, 0.2) is 0 Å². The zero-order chi connectivity index (χ0) is 10.0. The maximum absolute atomic E-state index is 10.5. The molecule has 2 nitrogen and oxygen atoms in total. The molecule has 1 N–H and O–H groups in total. The largest absolute Gasteiger partial charge is 0.466 e. The number of thiophene rings is 1. The first-order chi connectivity index (χ1) is 6.77. The first-order valence-corrected chi connectivity index (χ1v) is 5.50. The van der Waals surface area contributed by atoms with Crippen molar-refractivity contribution >= 4 is 11.3 Å². The van der Waals surface area contributed by atoms with E-state index in [1.165, 1.54) is 0 Å². The summed E-state index contributed by atoms with van der Waals surface area (Å²) < 4.78 is 5.27. The molecule has 0 aliphatic rings. The van der Waals surface area contributed by atoms with Crippen molar-refractivity contribution in [3.05, 3.63) is 46.5 Å². The molecule has 1 atom stereocenters. The van der Waals surface area contributed by atoms with Crippen LogP contribution in [0.4, 0.5) is 0 Å². The van der Waals surface area contributed by atoms with Crippen molar-refractivity contribution in [2.24, 2.45) is 0 Å². The fraction of sp³-hybridized carbons (Fsp3) is 0.273. The van der Waals surface area contributed by atoms with Crippen LogP contribution in [0.3, 0.4) is 0 Å². The van der Waals surface area contributed by atoms with E-state index in [9.17, 15) is 5.11 Å². The minimum absolute atomic E-state index is 0.608. The van der Waals surface area contributed by atoms with Crippen molar-refractivity contribution in [1.29, 1.82) is 0 Å². The van der Waals surface area contributed by atoms with Crippen LogP contribution >= 0.6 is 11.3 Å². The highest BCUT2D eigenvalue weighted by Crippen LogP contribution is 2.34. The van der Waals surface area contributed by atoms with Crippen molar-refractivity contribution < 1.29 is 9.52 Å². The predicted octanol–water partition coefficient (Wildman–Crippen LogP) is 2.99. The van der Waals surface area contributed by atoms with Crippen LogP contribution in [0.2, 0.25) is 0 Å². The van der Waals surface area contributed by atoms with Crippen LogP contribution in [-0.4, -0.2) is 5.11 Å². The number of aliphatic hydroxyl groups is 1. The van der Waals surface area contributed by atoms with Gasteiger partial charge in [0, 0.05) is 5.56 Å². The average Bonchev–Trinajstić information content (AvgIpc) is 2.88. The van der Waals surface area contributed by atoms with Crippen LogP contribution in [0.1, 0.15) is 24.7 Å². The molecule has 0 fully saturated rings. The van der Waals surface area contributed by atoms with Crippen molar-refractivity contribution in [1.82, 2.24) is 0 Å². The molecule has 74 valence electrons. The zero-order valence-corrected chi connectivity index (χ0v) is 8.75. The normalized spacial score (nSPS) is 15.3. The molecule has 2 aromatic rings. The van der Waals surface area contributed by atoms with Gasteiger partial charge in [-0.25, -0.2) is 0 Å². The van der Waals surface area contributed by atoms with E-state index in [0.29, 0.717) is 12.2 Å². The summed E-state index contributed by atoms with van der Waals surface area (Å²) in [6.07, 6.45) is 2.19. The maximum Gasteiger partial charge on any atom is 0.147 e. The van der Waals surface area contributed by atoms with Gasteiger partial charge in [-0.2, -0.15) is 11.3 Å². The third-order valence-electron chi connectivity index (χ3n) is 2.44. The lowest BCUT2D eigenvalue weighted by Gasteiger charge is -2.23.